The molecular weight excluding hydrogens is 286 g/mol. The fourth-order valence-electron chi connectivity index (χ4n) is 2.83. The normalized spacial score (nSPS) is 14.2. The summed E-state index contributed by atoms with van der Waals surface area (Å²) in [6, 6.07) is 5.42. The van der Waals surface area contributed by atoms with Gasteiger partial charge in [0.25, 0.3) is 10.0 Å². The second kappa shape index (κ2) is 4.87. The average Bonchev–Trinajstić information content (AvgIpc) is 2.98. The van der Waals surface area contributed by atoms with Crippen molar-refractivity contribution >= 4 is 15.7 Å². The second-order valence-corrected chi connectivity index (χ2v) is 7.24. The van der Waals surface area contributed by atoms with E-state index in [9.17, 15) is 8.42 Å². The van der Waals surface area contributed by atoms with Crippen LogP contribution in [0.5, 0.6) is 0 Å². The molecule has 0 saturated heterocycles. The first-order valence-corrected chi connectivity index (χ1v) is 8.51. The average molecular weight is 305 g/mol. The fraction of sp³-hybridized carbons (Fsp3) is 0.400. The van der Waals surface area contributed by atoms with Crippen molar-refractivity contribution in [1.29, 1.82) is 0 Å². The molecule has 3 rings (SSSR count). The Morgan fingerprint density at radius 3 is 2.57 bits per heavy atom. The number of fused-ring (bicyclic) bond motifs is 1. The molecule has 21 heavy (non-hydrogen) atoms. The van der Waals surface area contributed by atoms with Crippen LogP contribution in [0.4, 0.5) is 5.69 Å². The number of sulfonamides is 1. The Kier molecular flexibility index (Phi) is 3.28. The van der Waals surface area contributed by atoms with E-state index in [1.807, 2.05) is 13.0 Å². The van der Waals surface area contributed by atoms with Gasteiger partial charge in [-0.25, -0.2) is 8.42 Å². The smallest absolute Gasteiger partial charge is 0.262 e. The minimum Gasteiger partial charge on any atom is -0.276 e. The lowest BCUT2D eigenvalue weighted by Gasteiger charge is -2.10. The van der Waals surface area contributed by atoms with Gasteiger partial charge in [-0.3, -0.25) is 9.40 Å². The second-order valence-electron chi connectivity index (χ2n) is 5.56. The van der Waals surface area contributed by atoms with E-state index in [2.05, 4.69) is 9.82 Å². The number of aryl methyl sites for hydroxylation is 4. The highest BCUT2D eigenvalue weighted by Crippen LogP contribution is 2.27. The zero-order chi connectivity index (χ0) is 15.2. The van der Waals surface area contributed by atoms with Crippen molar-refractivity contribution < 1.29 is 8.42 Å². The van der Waals surface area contributed by atoms with Crippen molar-refractivity contribution in [3.05, 3.63) is 40.7 Å². The van der Waals surface area contributed by atoms with Gasteiger partial charge in [0.05, 0.1) is 22.0 Å². The minimum atomic E-state index is -3.57. The Bertz CT molecular complexity index is 807. The van der Waals surface area contributed by atoms with Crippen molar-refractivity contribution in [2.75, 3.05) is 4.72 Å². The maximum Gasteiger partial charge on any atom is 0.262 e. The molecule has 0 radical (unpaired) electrons. The summed E-state index contributed by atoms with van der Waals surface area (Å²) in [5.74, 6) is 0. The molecule has 0 fully saturated rings. The van der Waals surface area contributed by atoms with Crippen LogP contribution in [0.2, 0.25) is 0 Å². The van der Waals surface area contributed by atoms with Crippen LogP contribution < -0.4 is 4.72 Å². The SMILES string of the molecule is Cc1nn(C)c(C)c1NS(=O)(=O)c1ccc2c(c1)CCC2. The Morgan fingerprint density at radius 1 is 1.19 bits per heavy atom. The lowest BCUT2D eigenvalue weighted by molar-refractivity contribution is 0.601. The highest BCUT2D eigenvalue weighted by atomic mass is 32.2. The summed E-state index contributed by atoms with van der Waals surface area (Å²) in [7, 11) is -1.77. The van der Waals surface area contributed by atoms with E-state index >= 15 is 0 Å². The van der Waals surface area contributed by atoms with Gasteiger partial charge in [-0.15, -0.1) is 0 Å². The van der Waals surface area contributed by atoms with Crippen LogP contribution in [0.15, 0.2) is 23.1 Å². The maximum atomic E-state index is 12.6. The lowest BCUT2D eigenvalue weighted by Crippen LogP contribution is -2.14. The quantitative estimate of drug-likeness (QED) is 0.946. The Balaban J connectivity index is 1.97. The summed E-state index contributed by atoms with van der Waals surface area (Å²) >= 11 is 0. The van der Waals surface area contributed by atoms with E-state index in [-0.39, 0.29) is 0 Å². The van der Waals surface area contributed by atoms with E-state index in [0.717, 1.165) is 30.5 Å². The Hall–Kier alpha value is -1.82. The van der Waals surface area contributed by atoms with Crippen LogP contribution >= 0.6 is 0 Å². The molecule has 112 valence electrons. The van der Waals surface area contributed by atoms with Crippen LogP contribution in [0.1, 0.15) is 28.9 Å². The monoisotopic (exact) mass is 305 g/mol. The van der Waals surface area contributed by atoms with Gasteiger partial charge in [-0.05, 0) is 56.4 Å². The zero-order valence-electron chi connectivity index (χ0n) is 12.5. The third-order valence-corrected chi connectivity index (χ3v) is 5.47. The third kappa shape index (κ3) is 2.44. The molecule has 6 heteroatoms. The summed E-state index contributed by atoms with van der Waals surface area (Å²) < 4.78 is 29.5. The van der Waals surface area contributed by atoms with E-state index in [1.165, 1.54) is 5.56 Å². The summed E-state index contributed by atoms with van der Waals surface area (Å²) in [4.78, 5) is 0.325. The minimum absolute atomic E-state index is 0.325. The fourth-order valence-corrected chi connectivity index (χ4v) is 4.06. The number of hydrogen-bond donors (Lipinski definition) is 1. The third-order valence-electron chi connectivity index (χ3n) is 4.13. The number of benzene rings is 1. The molecule has 1 N–H and O–H groups in total. The molecule has 1 heterocycles. The standard InChI is InChI=1S/C15H19N3O2S/c1-10-15(11(2)18(3)16-10)17-21(19,20)14-8-7-12-5-4-6-13(12)9-14/h7-9,17H,4-6H2,1-3H3. The van der Waals surface area contributed by atoms with Gasteiger partial charge in [0.15, 0.2) is 0 Å². The molecule has 0 atom stereocenters. The predicted octanol–water partition coefficient (Wildman–Crippen LogP) is 2.33. The highest BCUT2D eigenvalue weighted by molar-refractivity contribution is 7.92. The summed E-state index contributed by atoms with van der Waals surface area (Å²) in [6.45, 7) is 3.65. The Labute approximate surface area is 125 Å². The van der Waals surface area contributed by atoms with Crippen LogP contribution in [-0.2, 0) is 29.9 Å². The first-order valence-electron chi connectivity index (χ1n) is 7.03. The molecule has 0 aliphatic heterocycles. The molecular formula is C15H19N3O2S. The van der Waals surface area contributed by atoms with Gasteiger partial charge in [0.2, 0.25) is 0 Å². The number of aromatic nitrogens is 2. The van der Waals surface area contributed by atoms with Gasteiger partial charge in [-0.2, -0.15) is 5.10 Å². The van der Waals surface area contributed by atoms with Crippen molar-refractivity contribution in [3.8, 4) is 0 Å². The van der Waals surface area contributed by atoms with E-state index in [0.29, 0.717) is 16.3 Å². The molecule has 1 aliphatic carbocycles. The van der Waals surface area contributed by atoms with Crippen molar-refractivity contribution in [2.45, 2.75) is 38.0 Å². The number of nitrogens with zero attached hydrogens (tertiary/aromatic N) is 2. The molecule has 5 nitrogen and oxygen atoms in total. The Morgan fingerprint density at radius 2 is 1.90 bits per heavy atom. The predicted molar refractivity (Wildman–Crippen MR) is 82.0 cm³/mol. The molecule has 0 amide bonds. The van der Waals surface area contributed by atoms with Crippen molar-refractivity contribution in [1.82, 2.24) is 9.78 Å². The van der Waals surface area contributed by atoms with Gasteiger partial charge < -0.3 is 0 Å². The first kappa shape index (κ1) is 14.1. The molecule has 0 spiro atoms. The van der Waals surface area contributed by atoms with E-state index in [1.54, 1.807) is 30.8 Å². The maximum absolute atomic E-state index is 12.6. The zero-order valence-corrected chi connectivity index (χ0v) is 13.3. The molecule has 1 aromatic heterocycles. The van der Waals surface area contributed by atoms with Gasteiger partial charge >= 0.3 is 0 Å². The molecule has 2 aromatic rings. The van der Waals surface area contributed by atoms with Crippen LogP contribution in [0.3, 0.4) is 0 Å². The summed E-state index contributed by atoms with van der Waals surface area (Å²) in [5.41, 5.74) is 4.47. The van der Waals surface area contributed by atoms with Crippen LogP contribution in [0, 0.1) is 13.8 Å². The van der Waals surface area contributed by atoms with Gasteiger partial charge in [0.1, 0.15) is 0 Å². The van der Waals surface area contributed by atoms with Crippen molar-refractivity contribution in [2.24, 2.45) is 7.05 Å². The lowest BCUT2D eigenvalue weighted by atomic mass is 10.1. The molecule has 0 saturated carbocycles. The van der Waals surface area contributed by atoms with Gasteiger partial charge in [-0.1, -0.05) is 6.07 Å². The number of hydrogen-bond acceptors (Lipinski definition) is 3. The van der Waals surface area contributed by atoms with E-state index in [4.69, 9.17) is 0 Å². The number of nitrogens with one attached hydrogen (secondary N) is 1. The molecule has 1 aliphatic rings. The molecule has 1 aromatic carbocycles. The van der Waals surface area contributed by atoms with E-state index < -0.39 is 10.0 Å². The van der Waals surface area contributed by atoms with Crippen LogP contribution in [0.25, 0.3) is 0 Å². The largest absolute Gasteiger partial charge is 0.276 e. The van der Waals surface area contributed by atoms with Crippen molar-refractivity contribution in [3.63, 3.8) is 0 Å². The van der Waals surface area contributed by atoms with Crippen LogP contribution in [-0.4, -0.2) is 18.2 Å². The summed E-state index contributed by atoms with van der Waals surface area (Å²) in [6.07, 6.45) is 3.11. The summed E-state index contributed by atoms with van der Waals surface area (Å²) in [5, 5.41) is 4.24. The van der Waals surface area contributed by atoms with Gasteiger partial charge in [0, 0.05) is 7.05 Å². The number of anilines is 1. The molecule has 0 unspecified atom stereocenters. The number of rotatable bonds is 3. The molecule has 0 bridgehead atoms. The highest BCUT2D eigenvalue weighted by Gasteiger charge is 2.21. The first-order chi connectivity index (χ1) is 9.88. The topological polar surface area (TPSA) is 64.0 Å².